The van der Waals surface area contributed by atoms with Crippen LogP contribution in [-0.4, -0.2) is 34.3 Å². The average molecular weight is 399 g/mol. The maximum absolute atomic E-state index is 10.5. The first-order valence-electron chi connectivity index (χ1n) is 9.42. The van der Waals surface area contributed by atoms with Gasteiger partial charge in [-0.1, -0.05) is 42.0 Å². The number of phenolic OH excluding ortho intramolecular Hbond substituents is 1. The van der Waals surface area contributed by atoms with Crippen LogP contribution < -0.4 is 9.47 Å². The van der Waals surface area contributed by atoms with Crippen molar-refractivity contribution in [3.05, 3.63) is 72.3 Å². The van der Waals surface area contributed by atoms with E-state index in [2.05, 4.69) is 15.0 Å². The number of rotatable bonds is 5. The summed E-state index contributed by atoms with van der Waals surface area (Å²) in [6.45, 7) is 2.03. The van der Waals surface area contributed by atoms with Crippen LogP contribution in [0.25, 0.3) is 34.2 Å². The number of aryl methyl sites for hydroxylation is 1. The fraction of sp³-hybridized carbons (Fsp3) is 0.125. The molecule has 0 radical (unpaired) electrons. The predicted molar refractivity (Wildman–Crippen MR) is 116 cm³/mol. The van der Waals surface area contributed by atoms with Gasteiger partial charge in [-0.2, -0.15) is 0 Å². The molecule has 3 aromatic carbocycles. The third-order valence-corrected chi connectivity index (χ3v) is 4.72. The number of benzene rings is 3. The zero-order valence-corrected chi connectivity index (χ0v) is 17.0. The molecule has 0 atom stereocenters. The smallest absolute Gasteiger partial charge is 0.167 e. The maximum Gasteiger partial charge on any atom is 0.167 e. The van der Waals surface area contributed by atoms with Crippen LogP contribution in [0.15, 0.2) is 66.7 Å². The van der Waals surface area contributed by atoms with E-state index in [1.54, 1.807) is 26.4 Å². The Morgan fingerprint density at radius 2 is 1.30 bits per heavy atom. The summed E-state index contributed by atoms with van der Waals surface area (Å²) in [5.41, 5.74) is 3.30. The van der Waals surface area contributed by atoms with Crippen molar-refractivity contribution in [1.82, 2.24) is 15.0 Å². The Kier molecular flexibility index (Phi) is 5.30. The summed E-state index contributed by atoms with van der Waals surface area (Å²) >= 11 is 0. The molecule has 4 rings (SSSR count). The second-order valence-corrected chi connectivity index (χ2v) is 6.79. The lowest BCUT2D eigenvalue weighted by Gasteiger charge is -2.11. The van der Waals surface area contributed by atoms with Crippen molar-refractivity contribution in [3.8, 4) is 51.4 Å². The second kappa shape index (κ2) is 8.21. The quantitative estimate of drug-likeness (QED) is 0.514. The first kappa shape index (κ1) is 19.4. The van der Waals surface area contributed by atoms with Gasteiger partial charge < -0.3 is 14.6 Å². The molecule has 0 aliphatic carbocycles. The molecule has 0 unspecified atom stereocenters. The Balaban J connectivity index is 1.91. The van der Waals surface area contributed by atoms with Gasteiger partial charge in [-0.3, -0.25) is 0 Å². The topological polar surface area (TPSA) is 77.4 Å². The maximum atomic E-state index is 10.5. The van der Waals surface area contributed by atoms with Crippen LogP contribution in [-0.2, 0) is 0 Å². The molecule has 0 aliphatic heterocycles. The molecule has 1 N–H and O–H groups in total. The molecule has 1 aromatic heterocycles. The van der Waals surface area contributed by atoms with E-state index in [0.717, 1.165) is 16.7 Å². The summed E-state index contributed by atoms with van der Waals surface area (Å²) < 4.78 is 10.5. The van der Waals surface area contributed by atoms with Gasteiger partial charge >= 0.3 is 0 Å². The number of hydrogen-bond acceptors (Lipinski definition) is 6. The SMILES string of the molecule is COc1cccc(-c2nc(-c3ccc(C)cc3)nc(-c3ccc(OC)cc3O)n2)c1. The number of phenols is 1. The average Bonchev–Trinajstić information content (AvgIpc) is 2.79. The van der Waals surface area contributed by atoms with Crippen LogP contribution >= 0.6 is 0 Å². The highest BCUT2D eigenvalue weighted by atomic mass is 16.5. The van der Waals surface area contributed by atoms with Crippen molar-refractivity contribution in [2.24, 2.45) is 0 Å². The predicted octanol–water partition coefficient (Wildman–Crippen LogP) is 4.90. The highest BCUT2D eigenvalue weighted by Crippen LogP contribution is 2.33. The molecule has 0 bridgehead atoms. The zero-order valence-electron chi connectivity index (χ0n) is 17.0. The van der Waals surface area contributed by atoms with Gasteiger partial charge in [0.1, 0.15) is 17.2 Å². The van der Waals surface area contributed by atoms with E-state index in [1.807, 2.05) is 55.5 Å². The van der Waals surface area contributed by atoms with E-state index in [4.69, 9.17) is 9.47 Å². The molecule has 150 valence electrons. The molecular formula is C24H21N3O3. The van der Waals surface area contributed by atoms with Crippen LogP contribution in [0.4, 0.5) is 0 Å². The zero-order chi connectivity index (χ0) is 21.1. The van der Waals surface area contributed by atoms with Crippen molar-refractivity contribution in [3.63, 3.8) is 0 Å². The van der Waals surface area contributed by atoms with Crippen molar-refractivity contribution in [1.29, 1.82) is 0 Å². The Hall–Kier alpha value is -3.93. The Labute approximate surface area is 174 Å². The van der Waals surface area contributed by atoms with E-state index in [-0.39, 0.29) is 5.75 Å². The summed E-state index contributed by atoms with van der Waals surface area (Å²) in [7, 11) is 3.17. The molecule has 0 saturated heterocycles. The summed E-state index contributed by atoms with van der Waals surface area (Å²) in [6, 6.07) is 20.5. The van der Waals surface area contributed by atoms with Crippen LogP contribution in [0.3, 0.4) is 0 Å². The highest BCUT2D eigenvalue weighted by Gasteiger charge is 2.15. The first-order valence-corrected chi connectivity index (χ1v) is 9.42. The molecule has 0 saturated carbocycles. The van der Waals surface area contributed by atoms with Gasteiger partial charge in [0.15, 0.2) is 17.5 Å². The van der Waals surface area contributed by atoms with Gasteiger partial charge in [0.05, 0.1) is 19.8 Å². The van der Waals surface area contributed by atoms with E-state index in [1.165, 1.54) is 6.07 Å². The molecule has 1 heterocycles. The normalized spacial score (nSPS) is 10.6. The second-order valence-electron chi connectivity index (χ2n) is 6.79. The number of methoxy groups -OCH3 is 2. The molecule has 0 fully saturated rings. The first-order chi connectivity index (χ1) is 14.6. The van der Waals surface area contributed by atoms with Gasteiger partial charge in [0.2, 0.25) is 0 Å². The van der Waals surface area contributed by atoms with Gasteiger partial charge in [-0.25, -0.2) is 15.0 Å². The third kappa shape index (κ3) is 3.93. The fourth-order valence-corrected chi connectivity index (χ4v) is 3.05. The fourth-order valence-electron chi connectivity index (χ4n) is 3.05. The van der Waals surface area contributed by atoms with Crippen molar-refractivity contribution in [2.75, 3.05) is 14.2 Å². The lowest BCUT2D eigenvalue weighted by atomic mass is 10.1. The lowest BCUT2D eigenvalue weighted by molar-refractivity contribution is 0.408. The van der Waals surface area contributed by atoms with Crippen molar-refractivity contribution in [2.45, 2.75) is 6.92 Å². The molecule has 4 aromatic rings. The van der Waals surface area contributed by atoms with E-state index >= 15 is 0 Å². The molecule has 0 aliphatic rings. The molecule has 6 nitrogen and oxygen atoms in total. The van der Waals surface area contributed by atoms with E-state index < -0.39 is 0 Å². The summed E-state index contributed by atoms with van der Waals surface area (Å²) in [6.07, 6.45) is 0. The van der Waals surface area contributed by atoms with Gasteiger partial charge in [0.25, 0.3) is 0 Å². The summed E-state index contributed by atoms with van der Waals surface area (Å²) in [5.74, 6) is 2.68. The minimum absolute atomic E-state index is 0.0343. The lowest BCUT2D eigenvalue weighted by Crippen LogP contribution is -2.00. The van der Waals surface area contributed by atoms with E-state index in [0.29, 0.717) is 34.5 Å². The number of aromatic nitrogens is 3. The van der Waals surface area contributed by atoms with Gasteiger partial charge in [-0.05, 0) is 31.2 Å². The van der Waals surface area contributed by atoms with Crippen LogP contribution in [0.5, 0.6) is 17.2 Å². The summed E-state index contributed by atoms with van der Waals surface area (Å²) in [4.78, 5) is 13.9. The number of aromatic hydroxyl groups is 1. The standard InChI is InChI=1S/C24H21N3O3/c1-15-7-9-16(10-8-15)22-25-23(17-5-4-6-18(13-17)29-2)27-24(26-22)20-12-11-19(30-3)14-21(20)28/h4-14,28H,1-3H3. The molecule has 0 amide bonds. The van der Waals surface area contributed by atoms with Crippen LogP contribution in [0, 0.1) is 6.92 Å². The molecular weight excluding hydrogens is 378 g/mol. The minimum atomic E-state index is 0.0343. The number of nitrogens with zero attached hydrogens (tertiary/aromatic N) is 3. The van der Waals surface area contributed by atoms with Crippen LogP contribution in [0.2, 0.25) is 0 Å². The monoisotopic (exact) mass is 399 g/mol. The number of hydrogen-bond donors (Lipinski definition) is 1. The number of ether oxygens (including phenoxy) is 2. The molecule has 6 heteroatoms. The molecule has 30 heavy (non-hydrogen) atoms. The largest absolute Gasteiger partial charge is 0.507 e. The highest BCUT2D eigenvalue weighted by molar-refractivity contribution is 5.70. The Bertz CT molecular complexity index is 1190. The minimum Gasteiger partial charge on any atom is -0.507 e. The molecule has 0 spiro atoms. The van der Waals surface area contributed by atoms with Crippen LogP contribution in [0.1, 0.15) is 5.56 Å². The van der Waals surface area contributed by atoms with Crippen molar-refractivity contribution < 1.29 is 14.6 Å². The summed E-state index contributed by atoms with van der Waals surface area (Å²) in [5, 5.41) is 10.5. The Morgan fingerprint density at radius 1 is 0.667 bits per heavy atom. The van der Waals surface area contributed by atoms with Gasteiger partial charge in [0, 0.05) is 17.2 Å². The van der Waals surface area contributed by atoms with Gasteiger partial charge in [-0.15, -0.1) is 0 Å². The van der Waals surface area contributed by atoms with Crippen molar-refractivity contribution >= 4 is 0 Å². The Morgan fingerprint density at radius 3 is 1.97 bits per heavy atom. The van der Waals surface area contributed by atoms with E-state index in [9.17, 15) is 5.11 Å². The third-order valence-electron chi connectivity index (χ3n) is 4.72.